The van der Waals surface area contributed by atoms with E-state index in [-0.39, 0.29) is 49.0 Å². The molecule has 15 heteroatoms. The number of anilines is 2. The number of hydrogen-bond acceptors (Lipinski definition) is 9. The first-order chi connectivity index (χ1) is 23.0. The molecule has 48 heavy (non-hydrogen) atoms. The van der Waals surface area contributed by atoms with Gasteiger partial charge in [0.1, 0.15) is 6.04 Å². The lowest BCUT2D eigenvalue weighted by molar-refractivity contribution is -0.143. The quantitative estimate of drug-likeness (QED) is 0.114. The van der Waals surface area contributed by atoms with E-state index in [2.05, 4.69) is 32.6 Å². The molecule has 3 aromatic rings. The maximum Gasteiger partial charge on any atom is 0.393 e. The van der Waals surface area contributed by atoms with Crippen LogP contribution in [0.4, 0.5) is 24.5 Å². The minimum atomic E-state index is -4.44. The lowest BCUT2D eigenvalue weighted by Gasteiger charge is -2.24. The van der Waals surface area contributed by atoms with Gasteiger partial charge in [0, 0.05) is 31.2 Å². The molecule has 1 unspecified atom stereocenters. The van der Waals surface area contributed by atoms with Crippen LogP contribution in [-0.2, 0) is 25.5 Å². The van der Waals surface area contributed by atoms with Gasteiger partial charge in [-0.15, -0.1) is 11.3 Å². The molecule has 0 aliphatic carbocycles. The second-order valence-electron chi connectivity index (χ2n) is 10.8. The average Bonchev–Trinajstić information content (AvgIpc) is 3.40. The lowest BCUT2D eigenvalue weighted by Crippen LogP contribution is -2.42. The Morgan fingerprint density at radius 3 is 2.65 bits per heavy atom. The van der Waals surface area contributed by atoms with Crippen molar-refractivity contribution in [3.63, 3.8) is 0 Å². The van der Waals surface area contributed by atoms with Crippen LogP contribution in [0.25, 0.3) is 14.9 Å². The molecule has 1 fully saturated rings. The molecule has 1 aromatic heterocycles. The summed E-state index contributed by atoms with van der Waals surface area (Å²) in [4.78, 5) is 39.7. The number of methoxy groups -OCH3 is 1. The summed E-state index contributed by atoms with van der Waals surface area (Å²) < 4.78 is 57.3. The molecule has 1 atom stereocenters. The van der Waals surface area contributed by atoms with E-state index in [1.54, 1.807) is 12.1 Å². The van der Waals surface area contributed by atoms with Crippen molar-refractivity contribution in [2.45, 2.75) is 50.4 Å². The van der Waals surface area contributed by atoms with Gasteiger partial charge in [-0.25, -0.2) is 11.4 Å². The van der Waals surface area contributed by atoms with E-state index in [1.165, 1.54) is 29.5 Å². The molecule has 0 bridgehead atoms. The first-order valence-electron chi connectivity index (χ1n) is 14.9. The monoisotopic (exact) mass is 685 g/mol. The zero-order chi connectivity index (χ0) is 34.7. The van der Waals surface area contributed by atoms with Crippen LogP contribution < -0.4 is 26.4 Å². The summed E-state index contributed by atoms with van der Waals surface area (Å²) >= 11 is 1.20. The van der Waals surface area contributed by atoms with Crippen LogP contribution in [0.5, 0.6) is 5.75 Å². The van der Waals surface area contributed by atoms with Crippen molar-refractivity contribution in [1.82, 2.24) is 5.32 Å². The summed E-state index contributed by atoms with van der Waals surface area (Å²) in [7, 11) is 1.14. The molecule has 1 aliphatic rings. The van der Waals surface area contributed by atoms with Gasteiger partial charge in [-0.2, -0.15) is 13.2 Å². The Balaban J connectivity index is 1.54. The van der Waals surface area contributed by atoms with Gasteiger partial charge >= 0.3 is 18.9 Å². The van der Waals surface area contributed by atoms with Crippen LogP contribution in [0.2, 0.25) is 0 Å². The van der Waals surface area contributed by atoms with E-state index in [0.717, 1.165) is 25.6 Å². The summed E-state index contributed by atoms with van der Waals surface area (Å²) in [6, 6.07) is 8.61. The van der Waals surface area contributed by atoms with E-state index < -0.39 is 36.4 Å². The number of amides is 2. The molecule has 0 spiro atoms. The Bertz CT molecular complexity index is 1740. The van der Waals surface area contributed by atoms with Crippen LogP contribution >= 0.6 is 11.3 Å². The second kappa shape index (κ2) is 16.7. The van der Waals surface area contributed by atoms with Gasteiger partial charge < -0.3 is 35.9 Å². The standard InChI is InChI=1S/C33H34F3N5O6S/c1-38-19-47-27-17-20(31(43)41-26(32(44)45-2)10-11-29(37)42)8-9-24(27)39-14-4-7-28-23(18-33(34,35)36)22-5-3-6-25(30(22)48-28)40-21-12-15-46-16-13-21/h3,5-6,8-9,17,21,26,39-40H,10-16,18-19H2,2H3,(H2,37,42)(H,41,43). The number of nitrogens with zero attached hydrogens (tertiary/aromatic N) is 1. The van der Waals surface area contributed by atoms with Crippen LogP contribution in [0.3, 0.4) is 0 Å². The average molecular weight is 686 g/mol. The number of carbonyl (C=O) groups is 3. The van der Waals surface area contributed by atoms with E-state index in [9.17, 15) is 27.6 Å². The Morgan fingerprint density at radius 1 is 1.19 bits per heavy atom. The summed E-state index contributed by atoms with van der Waals surface area (Å²) in [5.41, 5.74) is 6.50. The highest BCUT2D eigenvalue weighted by molar-refractivity contribution is 7.20. The third-order valence-electron chi connectivity index (χ3n) is 7.34. The Morgan fingerprint density at radius 2 is 1.96 bits per heavy atom. The fraction of sp³-hybridized carbons (Fsp3) is 0.394. The highest BCUT2D eigenvalue weighted by Gasteiger charge is 2.31. The number of primary amides is 1. The van der Waals surface area contributed by atoms with E-state index in [0.29, 0.717) is 33.9 Å². The van der Waals surface area contributed by atoms with Crippen molar-refractivity contribution in [2.75, 3.05) is 44.2 Å². The number of carbonyl (C=O) groups excluding carboxylic acids is 3. The van der Waals surface area contributed by atoms with Gasteiger partial charge in [0.15, 0.2) is 5.75 Å². The molecule has 1 aliphatic heterocycles. The van der Waals surface area contributed by atoms with Gasteiger partial charge in [0.05, 0.1) is 41.0 Å². The van der Waals surface area contributed by atoms with Crippen molar-refractivity contribution < 1.29 is 41.8 Å². The number of halogens is 3. The zero-order valence-corrected chi connectivity index (χ0v) is 26.8. The third-order valence-corrected chi connectivity index (χ3v) is 8.54. The van der Waals surface area contributed by atoms with Crippen molar-refractivity contribution in [2.24, 2.45) is 5.73 Å². The van der Waals surface area contributed by atoms with Crippen molar-refractivity contribution >= 4 is 50.6 Å². The molecule has 0 saturated carbocycles. The number of alkyl halides is 3. The summed E-state index contributed by atoms with van der Waals surface area (Å²) in [5, 5.41) is 9.49. The molecular formula is C33H34F3N5O6S. The lowest BCUT2D eigenvalue weighted by atomic mass is 10.1. The number of nitrogens with one attached hydrogen (secondary N) is 3. The second-order valence-corrected chi connectivity index (χ2v) is 11.8. The highest BCUT2D eigenvalue weighted by atomic mass is 32.1. The smallest absolute Gasteiger partial charge is 0.393 e. The first kappa shape index (κ1) is 35.9. The number of esters is 1. The maximum atomic E-state index is 13.7. The van der Waals surface area contributed by atoms with Crippen molar-refractivity contribution in [1.29, 1.82) is 0 Å². The van der Waals surface area contributed by atoms with Gasteiger partial charge in [-0.3, -0.25) is 14.4 Å². The molecule has 254 valence electrons. The SMILES string of the molecule is [C-]#[N+]COc1cc(C(=O)NC(CCC(N)=O)C(=O)OC)ccc1NCC#Cc1sc2c(NC3CCOCC3)cccc2c1CC(F)(F)F. The highest BCUT2D eigenvalue weighted by Crippen LogP contribution is 2.39. The predicted octanol–water partition coefficient (Wildman–Crippen LogP) is 4.85. The molecule has 11 nitrogen and oxygen atoms in total. The minimum absolute atomic E-state index is 0.00430. The molecule has 2 amide bonds. The Hall–Kier alpha value is -4.99. The molecule has 5 N–H and O–H groups in total. The zero-order valence-electron chi connectivity index (χ0n) is 26.0. The van der Waals surface area contributed by atoms with Gasteiger partial charge in [0.25, 0.3) is 5.91 Å². The normalized spacial score (nSPS) is 13.8. The number of ether oxygens (including phenoxy) is 3. The van der Waals surface area contributed by atoms with Gasteiger partial charge in [-0.05, 0) is 54.5 Å². The number of nitrogens with two attached hydrogens (primary N) is 1. The van der Waals surface area contributed by atoms with Gasteiger partial charge in [0.2, 0.25) is 5.91 Å². The number of rotatable bonds is 13. The summed E-state index contributed by atoms with van der Waals surface area (Å²) in [6.45, 7) is 7.97. The first-order valence-corrected chi connectivity index (χ1v) is 15.8. The maximum absolute atomic E-state index is 13.7. The van der Waals surface area contributed by atoms with Crippen LogP contribution in [0.15, 0.2) is 36.4 Å². The van der Waals surface area contributed by atoms with E-state index in [4.69, 9.17) is 26.5 Å². The molecule has 2 heterocycles. The van der Waals surface area contributed by atoms with Crippen LogP contribution in [0, 0.1) is 18.4 Å². The topological polar surface area (TPSA) is 145 Å². The Kier molecular flexibility index (Phi) is 12.5. The summed E-state index contributed by atoms with van der Waals surface area (Å²) in [5.74, 6) is 3.86. The molecule has 1 saturated heterocycles. The van der Waals surface area contributed by atoms with E-state index >= 15 is 0 Å². The fourth-order valence-electron chi connectivity index (χ4n) is 5.04. The number of thiophene rings is 1. The number of fused-ring (bicyclic) bond motifs is 1. The molecular weight excluding hydrogens is 651 g/mol. The van der Waals surface area contributed by atoms with Crippen LogP contribution in [-0.4, -0.2) is 69.6 Å². The van der Waals surface area contributed by atoms with Crippen molar-refractivity contribution in [3.8, 4) is 17.6 Å². The Labute approximate surface area is 279 Å². The van der Waals surface area contributed by atoms with Gasteiger partial charge in [-0.1, -0.05) is 24.0 Å². The number of benzene rings is 2. The third kappa shape index (κ3) is 10.0. The summed E-state index contributed by atoms with van der Waals surface area (Å²) in [6.07, 6.45) is -4.18. The minimum Gasteiger partial charge on any atom is -0.467 e. The fourth-order valence-corrected chi connectivity index (χ4v) is 6.21. The largest absolute Gasteiger partial charge is 0.467 e. The number of hydrogen-bond donors (Lipinski definition) is 4. The molecule has 0 radical (unpaired) electrons. The molecule has 4 rings (SSSR count). The van der Waals surface area contributed by atoms with E-state index in [1.807, 2.05) is 6.07 Å². The van der Waals surface area contributed by atoms with Crippen molar-refractivity contribution in [3.05, 3.63) is 63.8 Å². The molecule has 2 aromatic carbocycles. The van der Waals surface area contributed by atoms with Crippen LogP contribution in [0.1, 0.15) is 46.5 Å². The predicted molar refractivity (Wildman–Crippen MR) is 175 cm³/mol.